The summed E-state index contributed by atoms with van der Waals surface area (Å²) in [6, 6.07) is 9.50. The van der Waals surface area contributed by atoms with Crippen LogP contribution in [0.25, 0.3) is 0 Å². The fraction of sp³-hybridized carbons (Fsp3) is 0.312. The first kappa shape index (κ1) is 13.9. The average molecular weight is 307 g/mol. The Bertz CT molecular complexity index is 628. The van der Waals surface area contributed by atoms with E-state index in [4.69, 9.17) is 28.9 Å². The number of fused-ring (bicyclic) bond motifs is 1. The zero-order chi connectivity index (χ0) is 14.1. The molecule has 1 heterocycles. The van der Waals surface area contributed by atoms with Gasteiger partial charge in [0, 0.05) is 33.9 Å². The van der Waals surface area contributed by atoms with Crippen molar-refractivity contribution in [3.05, 3.63) is 63.4 Å². The Labute approximate surface area is 128 Å². The summed E-state index contributed by atoms with van der Waals surface area (Å²) in [4.78, 5) is 4.55. The minimum absolute atomic E-state index is 0.145. The van der Waals surface area contributed by atoms with Crippen LogP contribution >= 0.6 is 23.2 Å². The topological polar surface area (TPSA) is 38.9 Å². The van der Waals surface area contributed by atoms with Crippen LogP contribution in [-0.2, 0) is 6.42 Å². The van der Waals surface area contributed by atoms with Crippen LogP contribution in [0.2, 0.25) is 10.0 Å². The molecule has 0 aliphatic heterocycles. The lowest BCUT2D eigenvalue weighted by Crippen LogP contribution is -2.24. The van der Waals surface area contributed by atoms with E-state index in [9.17, 15) is 0 Å². The molecule has 2 N–H and O–H groups in total. The van der Waals surface area contributed by atoms with Gasteiger partial charge in [-0.2, -0.15) is 0 Å². The lowest BCUT2D eigenvalue weighted by atomic mass is 9.80. The summed E-state index contributed by atoms with van der Waals surface area (Å²) in [6.07, 6.45) is 5.11. The molecule has 20 heavy (non-hydrogen) atoms. The lowest BCUT2D eigenvalue weighted by molar-refractivity contribution is 0.463. The van der Waals surface area contributed by atoms with Gasteiger partial charge in [0.15, 0.2) is 0 Å². The molecule has 0 radical (unpaired) electrons. The maximum atomic E-state index is 6.47. The SMILES string of the molecule is NC(c1ccc(Cl)cc1Cl)C1CCCc2cccnc21. The van der Waals surface area contributed by atoms with Gasteiger partial charge in [0.2, 0.25) is 0 Å². The van der Waals surface area contributed by atoms with Crippen LogP contribution in [0.5, 0.6) is 0 Å². The Morgan fingerprint density at radius 1 is 1.25 bits per heavy atom. The van der Waals surface area contributed by atoms with E-state index in [0.29, 0.717) is 10.0 Å². The molecule has 0 fully saturated rings. The Morgan fingerprint density at radius 3 is 2.90 bits per heavy atom. The third-order valence-electron chi connectivity index (χ3n) is 3.99. The number of benzene rings is 1. The minimum Gasteiger partial charge on any atom is -0.323 e. The zero-order valence-corrected chi connectivity index (χ0v) is 12.5. The van der Waals surface area contributed by atoms with Gasteiger partial charge in [0.05, 0.1) is 0 Å². The van der Waals surface area contributed by atoms with Crippen LogP contribution in [0.4, 0.5) is 0 Å². The van der Waals surface area contributed by atoms with Gasteiger partial charge >= 0.3 is 0 Å². The van der Waals surface area contributed by atoms with Crippen molar-refractivity contribution in [3.8, 4) is 0 Å². The van der Waals surface area contributed by atoms with E-state index in [2.05, 4.69) is 11.1 Å². The van der Waals surface area contributed by atoms with E-state index in [1.54, 1.807) is 6.07 Å². The summed E-state index contributed by atoms with van der Waals surface area (Å²) in [7, 11) is 0. The Kier molecular flexibility index (Phi) is 3.97. The van der Waals surface area contributed by atoms with Crippen molar-refractivity contribution < 1.29 is 0 Å². The van der Waals surface area contributed by atoms with Gasteiger partial charge < -0.3 is 5.73 Å². The van der Waals surface area contributed by atoms with Crippen LogP contribution in [0.1, 0.15) is 41.6 Å². The van der Waals surface area contributed by atoms with E-state index < -0.39 is 0 Å². The van der Waals surface area contributed by atoms with Gasteiger partial charge in [0.25, 0.3) is 0 Å². The Hall–Kier alpha value is -1.09. The van der Waals surface area contributed by atoms with E-state index >= 15 is 0 Å². The van der Waals surface area contributed by atoms with Crippen LogP contribution in [0.3, 0.4) is 0 Å². The van der Waals surface area contributed by atoms with Crippen molar-refractivity contribution in [2.45, 2.75) is 31.2 Å². The van der Waals surface area contributed by atoms with Crippen molar-refractivity contribution in [2.75, 3.05) is 0 Å². The second kappa shape index (κ2) is 5.72. The van der Waals surface area contributed by atoms with E-state index in [-0.39, 0.29) is 12.0 Å². The number of hydrogen-bond acceptors (Lipinski definition) is 2. The second-order valence-electron chi connectivity index (χ2n) is 5.24. The summed E-state index contributed by atoms with van der Waals surface area (Å²) < 4.78 is 0. The van der Waals surface area contributed by atoms with Crippen LogP contribution < -0.4 is 5.73 Å². The molecule has 0 saturated heterocycles. The highest BCUT2D eigenvalue weighted by Crippen LogP contribution is 2.40. The average Bonchev–Trinajstić information content (AvgIpc) is 2.46. The van der Waals surface area contributed by atoms with E-state index in [1.807, 2.05) is 24.4 Å². The molecule has 0 saturated carbocycles. The molecule has 1 aliphatic rings. The molecule has 2 aromatic rings. The molecule has 1 aliphatic carbocycles. The lowest BCUT2D eigenvalue weighted by Gasteiger charge is -2.29. The Balaban J connectivity index is 1.97. The second-order valence-corrected chi connectivity index (χ2v) is 6.08. The molecule has 4 heteroatoms. The summed E-state index contributed by atoms with van der Waals surface area (Å²) in [5.74, 6) is 0.221. The molecular formula is C16H16Cl2N2. The van der Waals surface area contributed by atoms with Gasteiger partial charge in [-0.1, -0.05) is 35.3 Å². The quantitative estimate of drug-likeness (QED) is 0.886. The highest BCUT2D eigenvalue weighted by Gasteiger charge is 2.28. The normalized spacial score (nSPS) is 19.4. The number of rotatable bonds is 2. The third kappa shape index (κ3) is 2.56. The maximum absolute atomic E-state index is 6.47. The molecule has 2 unspecified atom stereocenters. The molecule has 0 spiro atoms. The fourth-order valence-corrected chi connectivity index (χ4v) is 3.52. The Morgan fingerprint density at radius 2 is 2.10 bits per heavy atom. The third-order valence-corrected chi connectivity index (χ3v) is 4.56. The maximum Gasteiger partial charge on any atom is 0.0485 e. The van der Waals surface area contributed by atoms with E-state index in [1.165, 1.54) is 5.56 Å². The fourth-order valence-electron chi connectivity index (χ4n) is 2.98. The van der Waals surface area contributed by atoms with Crippen molar-refractivity contribution in [3.63, 3.8) is 0 Å². The first-order valence-corrected chi connectivity index (χ1v) is 7.56. The monoisotopic (exact) mass is 306 g/mol. The number of hydrogen-bond donors (Lipinski definition) is 1. The number of nitrogens with two attached hydrogens (primary N) is 1. The molecule has 1 aromatic carbocycles. The summed E-state index contributed by atoms with van der Waals surface area (Å²) in [5.41, 5.74) is 9.84. The highest BCUT2D eigenvalue weighted by molar-refractivity contribution is 6.35. The van der Waals surface area contributed by atoms with Crippen LogP contribution in [-0.4, -0.2) is 4.98 Å². The molecular weight excluding hydrogens is 291 g/mol. The summed E-state index contributed by atoms with van der Waals surface area (Å²) >= 11 is 12.2. The smallest absolute Gasteiger partial charge is 0.0485 e. The van der Waals surface area contributed by atoms with Crippen molar-refractivity contribution in [2.24, 2.45) is 5.73 Å². The molecule has 1 aromatic heterocycles. The minimum atomic E-state index is -0.145. The largest absolute Gasteiger partial charge is 0.323 e. The standard InChI is InChI=1S/C16H16Cl2N2/c17-11-6-7-12(14(18)9-11)15(19)13-5-1-3-10-4-2-8-20-16(10)13/h2,4,6-9,13,15H,1,3,5,19H2. The van der Waals surface area contributed by atoms with E-state index in [0.717, 1.165) is 30.5 Å². The van der Waals surface area contributed by atoms with Crippen molar-refractivity contribution in [1.82, 2.24) is 4.98 Å². The molecule has 2 atom stereocenters. The predicted octanol–water partition coefficient (Wildman–Crippen LogP) is 4.51. The number of pyridine rings is 1. The van der Waals surface area contributed by atoms with Gasteiger partial charge in [-0.15, -0.1) is 0 Å². The summed E-state index contributed by atoms with van der Waals surface area (Å²) in [5, 5.41) is 1.26. The molecule has 2 nitrogen and oxygen atoms in total. The van der Waals surface area contributed by atoms with Crippen LogP contribution in [0, 0.1) is 0 Å². The molecule has 0 bridgehead atoms. The number of aryl methyl sites for hydroxylation is 1. The van der Waals surface area contributed by atoms with Gasteiger partial charge in [-0.25, -0.2) is 0 Å². The number of nitrogens with zero attached hydrogens (tertiary/aromatic N) is 1. The molecule has 3 rings (SSSR count). The first-order valence-electron chi connectivity index (χ1n) is 6.81. The predicted molar refractivity (Wildman–Crippen MR) is 83.3 cm³/mol. The van der Waals surface area contributed by atoms with Crippen molar-refractivity contribution >= 4 is 23.2 Å². The molecule has 104 valence electrons. The first-order chi connectivity index (χ1) is 9.66. The van der Waals surface area contributed by atoms with Crippen molar-refractivity contribution in [1.29, 1.82) is 0 Å². The zero-order valence-electron chi connectivity index (χ0n) is 11.0. The van der Waals surface area contributed by atoms with Gasteiger partial charge in [-0.3, -0.25) is 4.98 Å². The van der Waals surface area contributed by atoms with Crippen LogP contribution in [0.15, 0.2) is 36.5 Å². The van der Waals surface area contributed by atoms with Gasteiger partial charge in [0.1, 0.15) is 0 Å². The highest BCUT2D eigenvalue weighted by atomic mass is 35.5. The summed E-state index contributed by atoms with van der Waals surface area (Å²) in [6.45, 7) is 0. The molecule has 0 amide bonds. The number of halogens is 2. The van der Waals surface area contributed by atoms with Gasteiger partial charge in [-0.05, 0) is 48.6 Å². The number of aromatic nitrogens is 1.